The van der Waals surface area contributed by atoms with Gasteiger partial charge < -0.3 is 15.3 Å². The Balaban J connectivity index is 1.73. The number of carboxylic acid groups (broad SMARTS) is 1. The fourth-order valence-corrected chi connectivity index (χ4v) is 2.94. The molecular formula is C17H24N2O3. The van der Waals surface area contributed by atoms with Crippen LogP contribution in [0.4, 0.5) is 4.79 Å². The number of urea groups is 1. The Hall–Kier alpha value is -2.04. The summed E-state index contributed by atoms with van der Waals surface area (Å²) < 4.78 is 0. The molecule has 5 nitrogen and oxygen atoms in total. The molecule has 2 rings (SSSR count). The highest BCUT2D eigenvalue weighted by atomic mass is 16.4. The van der Waals surface area contributed by atoms with Crippen LogP contribution >= 0.6 is 0 Å². The fourth-order valence-electron chi connectivity index (χ4n) is 2.94. The maximum absolute atomic E-state index is 12.1. The van der Waals surface area contributed by atoms with Crippen LogP contribution in [0.5, 0.6) is 0 Å². The molecule has 1 aromatic carbocycles. The highest BCUT2D eigenvalue weighted by Crippen LogP contribution is 2.21. The average Bonchev–Trinajstić information content (AvgIpc) is 2.51. The van der Waals surface area contributed by atoms with Gasteiger partial charge in [-0.05, 0) is 30.7 Å². The minimum absolute atomic E-state index is 0.147. The number of hydrogen-bond acceptors (Lipinski definition) is 2. The molecule has 0 radical (unpaired) electrons. The molecule has 1 aliphatic heterocycles. The molecule has 0 bridgehead atoms. The molecule has 5 heteroatoms. The van der Waals surface area contributed by atoms with E-state index in [1.807, 2.05) is 25.1 Å². The molecule has 2 N–H and O–H groups in total. The van der Waals surface area contributed by atoms with Crippen LogP contribution in [0, 0.1) is 11.8 Å². The predicted octanol–water partition coefficient (Wildman–Crippen LogP) is 2.37. The van der Waals surface area contributed by atoms with Crippen LogP contribution in [-0.4, -0.2) is 41.6 Å². The smallest absolute Gasteiger partial charge is 0.317 e. The SMILES string of the molecule is CC1CC(C(=O)O)CN(C(=O)NCCCc2ccccc2)C1. The molecule has 1 aliphatic rings. The zero-order chi connectivity index (χ0) is 15.9. The van der Waals surface area contributed by atoms with E-state index in [1.54, 1.807) is 4.90 Å². The minimum Gasteiger partial charge on any atom is -0.481 e. The van der Waals surface area contributed by atoms with Crippen LogP contribution in [0.15, 0.2) is 30.3 Å². The second kappa shape index (κ2) is 7.82. The minimum atomic E-state index is -0.812. The van der Waals surface area contributed by atoms with Crippen molar-refractivity contribution in [1.29, 1.82) is 0 Å². The number of piperidine rings is 1. The van der Waals surface area contributed by atoms with Crippen LogP contribution in [0.25, 0.3) is 0 Å². The Kier molecular flexibility index (Phi) is 5.81. The molecule has 22 heavy (non-hydrogen) atoms. The Bertz CT molecular complexity index is 504. The van der Waals surface area contributed by atoms with Gasteiger partial charge in [0.2, 0.25) is 0 Å². The summed E-state index contributed by atoms with van der Waals surface area (Å²) in [4.78, 5) is 24.9. The number of carboxylic acids is 1. The number of rotatable bonds is 5. The van der Waals surface area contributed by atoms with E-state index in [0.717, 1.165) is 12.8 Å². The van der Waals surface area contributed by atoms with E-state index in [9.17, 15) is 9.59 Å². The van der Waals surface area contributed by atoms with Gasteiger partial charge >= 0.3 is 12.0 Å². The zero-order valence-corrected chi connectivity index (χ0v) is 13.0. The van der Waals surface area contributed by atoms with Crippen molar-refractivity contribution < 1.29 is 14.7 Å². The van der Waals surface area contributed by atoms with Crippen LogP contribution in [0.2, 0.25) is 0 Å². The van der Waals surface area contributed by atoms with E-state index >= 15 is 0 Å². The highest BCUT2D eigenvalue weighted by Gasteiger charge is 2.31. The second-order valence-electron chi connectivity index (χ2n) is 6.10. The van der Waals surface area contributed by atoms with E-state index in [2.05, 4.69) is 17.4 Å². The number of likely N-dealkylation sites (tertiary alicyclic amines) is 1. The fraction of sp³-hybridized carbons (Fsp3) is 0.529. The molecule has 1 aromatic rings. The van der Waals surface area contributed by atoms with Crippen molar-refractivity contribution in [2.45, 2.75) is 26.2 Å². The summed E-state index contributed by atoms with van der Waals surface area (Å²) in [6.45, 7) is 3.54. The van der Waals surface area contributed by atoms with Crippen molar-refractivity contribution in [3.8, 4) is 0 Å². The maximum Gasteiger partial charge on any atom is 0.317 e. The molecule has 1 fully saturated rings. The van der Waals surface area contributed by atoms with Gasteiger partial charge in [0, 0.05) is 19.6 Å². The molecule has 120 valence electrons. The molecule has 0 aliphatic carbocycles. The first kappa shape index (κ1) is 16.3. The van der Waals surface area contributed by atoms with Crippen molar-refractivity contribution in [2.24, 2.45) is 11.8 Å². The van der Waals surface area contributed by atoms with Crippen LogP contribution < -0.4 is 5.32 Å². The van der Waals surface area contributed by atoms with Gasteiger partial charge in [-0.3, -0.25) is 4.79 Å². The van der Waals surface area contributed by atoms with Gasteiger partial charge in [0.05, 0.1) is 5.92 Å². The standard InChI is InChI=1S/C17H24N2O3/c1-13-10-15(16(20)21)12-19(11-13)17(22)18-9-5-8-14-6-3-2-4-7-14/h2-4,6-7,13,15H,5,8-12H2,1H3,(H,18,22)(H,20,21). The van der Waals surface area contributed by atoms with Crippen molar-refractivity contribution in [1.82, 2.24) is 10.2 Å². The lowest BCUT2D eigenvalue weighted by Crippen LogP contribution is -2.49. The van der Waals surface area contributed by atoms with Crippen molar-refractivity contribution in [3.05, 3.63) is 35.9 Å². The van der Waals surface area contributed by atoms with Gasteiger partial charge in [-0.15, -0.1) is 0 Å². The number of hydrogen-bond donors (Lipinski definition) is 2. The lowest BCUT2D eigenvalue weighted by Gasteiger charge is -2.34. The lowest BCUT2D eigenvalue weighted by atomic mass is 9.91. The summed E-state index contributed by atoms with van der Waals surface area (Å²) in [5.74, 6) is -1.03. The molecule has 2 amide bonds. The average molecular weight is 304 g/mol. The summed E-state index contributed by atoms with van der Waals surface area (Å²) in [6.07, 6.45) is 2.45. The van der Waals surface area contributed by atoms with Gasteiger partial charge in [-0.2, -0.15) is 0 Å². The Morgan fingerprint density at radius 1 is 1.27 bits per heavy atom. The third-order valence-corrected chi connectivity index (χ3v) is 4.06. The summed E-state index contributed by atoms with van der Waals surface area (Å²) in [7, 11) is 0. The first-order chi connectivity index (χ1) is 10.6. The molecule has 0 spiro atoms. The number of carbonyl (C=O) groups is 2. The van der Waals surface area contributed by atoms with Crippen molar-refractivity contribution >= 4 is 12.0 Å². The Morgan fingerprint density at radius 3 is 2.68 bits per heavy atom. The van der Waals surface area contributed by atoms with Gasteiger partial charge in [-0.1, -0.05) is 37.3 Å². The van der Waals surface area contributed by atoms with Gasteiger partial charge in [0.1, 0.15) is 0 Å². The van der Waals surface area contributed by atoms with Crippen molar-refractivity contribution in [2.75, 3.05) is 19.6 Å². The summed E-state index contributed by atoms with van der Waals surface area (Å²) >= 11 is 0. The Morgan fingerprint density at radius 2 is 2.00 bits per heavy atom. The normalized spacial score (nSPS) is 21.4. The van der Waals surface area contributed by atoms with Crippen molar-refractivity contribution in [3.63, 3.8) is 0 Å². The number of amides is 2. The van der Waals surface area contributed by atoms with Crippen LogP contribution in [-0.2, 0) is 11.2 Å². The first-order valence-electron chi connectivity index (χ1n) is 7.85. The molecule has 1 saturated heterocycles. The van der Waals surface area contributed by atoms with E-state index in [1.165, 1.54) is 5.56 Å². The molecule has 0 aromatic heterocycles. The third kappa shape index (κ3) is 4.76. The van der Waals surface area contributed by atoms with Gasteiger partial charge in [0.15, 0.2) is 0 Å². The largest absolute Gasteiger partial charge is 0.481 e. The number of nitrogens with one attached hydrogen (secondary N) is 1. The number of carbonyl (C=O) groups excluding carboxylic acids is 1. The lowest BCUT2D eigenvalue weighted by molar-refractivity contribution is -0.143. The second-order valence-corrected chi connectivity index (χ2v) is 6.10. The quantitative estimate of drug-likeness (QED) is 0.821. The zero-order valence-electron chi connectivity index (χ0n) is 13.0. The highest BCUT2D eigenvalue weighted by molar-refractivity contribution is 5.76. The molecule has 1 heterocycles. The van der Waals surface area contributed by atoms with E-state index in [4.69, 9.17) is 5.11 Å². The molecule has 2 unspecified atom stereocenters. The number of benzene rings is 1. The summed E-state index contributed by atoms with van der Waals surface area (Å²) in [5, 5.41) is 12.0. The Labute approximate surface area is 131 Å². The topological polar surface area (TPSA) is 69.6 Å². The van der Waals surface area contributed by atoms with E-state index < -0.39 is 11.9 Å². The van der Waals surface area contributed by atoms with Gasteiger partial charge in [0.25, 0.3) is 0 Å². The van der Waals surface area contributed by atoms with Crippen LogP contribution in [0.1, 0.15) is 25.3 Å². The number of nitrogens with zero attached hydrogens (tertiary/aromatic N) is 1. The third-order valence-electron chi connectivity index (χ3n) is 4.06. The summed E-state index contributed by atoms with van der Waals surface area (Å²) in [6, 6.07) is 10.0. The predicted molar refractivity (Wildman–Crippen MR) is 84.6 cm³/mol. The molecule has 0 saturated carbocycles. The maximum atomic E-state index is 12.1. The van der Waals surface area contributed by atoms with E-state index in [0.29, 0.717) is 26.1 Å². The first-order valence-corrected chi connectivity index (χ1v) is 7.85. The monoisotopic (exact) mass is 304 g/mol. The molecular weight excluding hydrogens is 280 g/mol. The number of aryl methyl sites for hydroxylation is 1. The number of aliphatic carboxylic acids is 1. The van der Waals surface area contributed by atoms with Crippen LogP contribution in [0.3, 0.4) is 0 Å². The summed E-state index contributed by atoms with van der Waals surface area (Å²) in [5.41, 5.74) is 1.26. The van der Waals surface area contributed by atoms with Gasteiger partial charge in [-0.25, -0.2) is 4.79 Å². The van der Waals surface area contributed by atoms with E-state index in [-0.39, 0.29) is 11.9 Å². The molecule has 2 atom stereocenters.